The Hall–Kier alpha value is -2.15. The molecule has 0 bridgehead atoms. The van der Waals surface area contributed by atoms with E-state index in [-0.39, 0.29) is 12.5 Å². The summed E-state index contributed by atoms with van der Waals surface area (Å²) in [5.41, 5.74) is 0. The lowest BCUT2D eigenvalue weighted by atomic mass is 10.2. The van der Waals surface area contributed by atoms with Crippen LogP contribution in [0.5, 0.6) is 11.5 Å². The first-order valence-electron chi connectivity index (χ1n) is 6.28. The molecule has 1 atom stereocenters. The molecule has 0 saturated carbocycles. The van der Waals surface area contributed by atoms with Crippen molar-refractivity contribution in [1.82, 2.24) is 10.2 Å². The van der Waals surface area contributed by atoms with E-state index >= 15 is 0 Å². The molecule has 2 aromatic rings. The number of anilines is 1. The highest BCUT2D eigenvalue weighted by Gasteiger charge is 2.27. The summed E-state index contributed by atoms with van der Waals surface area (Å²) in [5.74, 6) is 0.949. The van der Waals surface area contributed by atoms with Gasteiger partial charge in [0, 0.05) is 0 Å². The van der Waals surface area contributed by atoms with Gasteiger partial charge in [0.15, 0.2) is 11.5 Å². The second kappa shape index (κ2) is 5.46. The molecule has 0 fully saturated rings. The van der Waals surface area contributed by atoms with Crippen molar-refractivity contribution in [2.75, 3.05) is 11.9 Å². The zero-order valence-electron chi connectivity index (χ0n) is 10.8. The Kier molecular flexibility index (Phi) is 3.51. The van der Waals surface area contributed by atoms with Crippen LogP contribution in [0, 0.1) is 0 Å². The number of aryl methyl sites for hydroxylation is 1. The van der Waals surface area contributed by atoms with Crippen molar-refractivity contribution in [3.05, 3.63) is 29.3 Å². The Morgan fingerprint density at radius 2 is 2.20 bits per heavy atom. The number of ether oxygens (including phenoxy) is 2. The van der Waals surface area contributed by atoms with E-state index in [2.05, 4.69) is 15.5 Å². The number of nitrogens with zero attached hydrogens (tertiary/aromatic N) is 2. The topological polar surface area (TPSA) is 73.3 Å². The second-order valence-corrected chi connectivity index (χ2v) is 5.27. The molecule has 0 aliphatic carbocycles. The van der Waals surface area contributed by atoms with Crippen molar-refractivity contribution >= 4 is 22.4 Å². The third-order valence-corrected chi connectivity index (χ3v) is 3.78. The van der Waals surface area contributed by atoms with Gasteiger partial charge >= 0.3 is 0 Å². The van der Waals surface area contributed by atoms with Crippen LogP contribution in [-0.4, -0.2) is 28.8 Å². The molecular formula is C13H13N3O3S. The van der Waals surface area contributed by atoms with Crippen molar-refractivity contribution in [3.8, 4) is 11.5 Å². The number of amides is 1. The van der Waals surface area contributed by atoms with E-state index in [1.165, 1.54) is 11.3 Å². The van der Waals surface area contributed by atoms with Crippen LogP contribution in [0.1, 0.15) is 11.9 Å². The van der Waals surface area contributed by atoms with Crippen LogP contribution in [0.3, 0.4) is 0 Å². The lowest BCUT2D eigenvalue weighted by molar-refractivity contribution is -0.125. The molecule has 3 rings (SSSR count). The normalized spacial score (nSPS) is 16.8. The predicted octanol–water partition coefficient (Wildman–Crippen LogP) is 1.88. The fourth-order valence-electron chi connectivity index (χ4n) is 1.78. The van der Waals surface area contributed by atoms with Crippen LogP contribution in [0.15, 0.2) is 24.3 Å². The minimum absolute atomic E-state index is 0.183. The fourth-order valence-corrected chi connectivity index (χ4v) is 2.46. The first-order valence-corrected chi connectivity index (χ1v) is 7.09. The molecule has 6 nitrogen and oxygen atoms in total. The van der Waals surface area contributed by atoms with E-state index in [9.17, 15) is 4.79 Å². The maximum Gasteiger partial charge on any atom is 0.270 e. The molecule has 1 aromatic carbocycles. The number of carbonyl (C=O) groups excluding carboxylic acids is 1. The highest BCUT2D eigenvalue weighted by molar-refractivity contribution is 7.15. The highest BCUT2D eigenvalue weighted by atomic mass is 32.1. The molecule has 0 unspecified atom stereocenters. The zero-order valence-corrected chi connectivity index (χ0v) is 11.6. The van der Waals surface area contributed by atoms with Crippen molar-refractivity contribution in [1.29, 1.82) is 0 Å². The van der Waals surface area contributed by atoms with Crippen LogP contribution < -0.4 is 14.8 Å². The average molecular weight is 291 g/mol. The third-order valence-electron chi connectivity index (χ3n) is 2.80. The maximum atomic E-state index is 12.1. The molecule has 1 aliphatic heterocycles. The van der Waals surface area contributed by atoms with Gasteiger partial charge in [-0.05, 0) is 18.6 Å². The van der Waals surface area contributed by atoms with Gasteiger partial charge in [0.05, 0.1) is 0 Å². The van der Waals surface area contributed by atoms with Gasteiger partial charge in [-0.25, -0.2) is 0 Å². The molecule has 0 saturated heterocycles. The monoisotopic (exact) mass is 291 g/mol. The minimum Gasteiger partial charge on any atom is -0.485 e. The Morgan fingerprint density at radius 1 is 1.40 bits per heavy atom. The van der Waals surface area contributed by atoms with Crippen molar-refractivity contribution < 1.29 is 14.3 Å². The van der Waals surface area contributed by atoms with E-state index in [0.29, 0.717) is 16.6 Å². The van der Waals surface area contributed by atoms with Gasteiger partial charge in [-0.2, -0.15) is 0 Å². The van der Waals surface area contributed by atoms with Gasteiger partial charge in [-0.1, -0.05) is 30.4 Å². The number of aromatic nitrogens is 2. The smallest absolute Gasteiger partial charge is 0.270 e. The summed E-state index contributed by atoms with van der Waals surface area (Å²) in [5, 5.41) is 11.9. The van der Waals surface area contributed by atoms with Gasteiger partial charge in [-0.15, -0.1) is 10.2 Å². The van der Waals surface area contributed by atoms with Crippen LogP contribution in [-0.2, 0) is 11.2 Å². The molecule has 104 valence electrons. The van der Waals surface area contributed by atoms with Gasteiger partial charge in [0.2, 0.25) is 11.2 Å². The summed E-state index contributed by atoms with van der Waals surface area (Å²) in [6.45, 7) is 2.17. The van der Waals surface area contributed by atoms with E-state index in [1.807, 2.05) is 25.1 Å². The molecule has 1 N–H and O–H groups in total. The number of benzene rings is 1. The number of para-hydroxylation sites is 2. The SMILES string of the molecule is CCc1nnc(NC(=O)[C@@H]2COc3ccccc3O2)s1. The molecule has 2 heterocycles. The number of carbonyl (C=O) groups is 1. The number of hydrogen-bond acceptors (Lipinski definition) is 6. The van der Waals surface area contributed by atoms with Gasteiger partial charge in [0.25, 0.3) is 5.91 Å². The molecule has 7 heteroatoms. The van der Waals surface area contributed by atoms with Crippen molar-refractivity contribution in [2.24, 2.45) is 0 Å². The van der Waals surface area contributed by atoms with E-state index in [0.717, 1.165) is 11.4 Å². The Morgan fingerprint density at radius 3 is 2.95 bits per heavy atom. The van der Waals surface area contributed by atoms with Crippen LogP contribution in [0.25, 0.3) is 0 Å². The summed E-state index contributed by atoms with van der Waals surface area (Å²) >= 11 is 1.36. The second-order valence-electron chi connectivity index (χ2n) is 4.21. The predicted molar refractivity (Wildman–Crippen MR) is 74.3 cm³/mol. The summed E-state index contributed by atoms with van der Waals surface area (Å²) in [6, 6.07) is 7.27. The number of hydrogen-bond donors (Lipinski definition) is 1. The van der Waals surface area contributed by atoms with Crippen LogP contribution in [0.2, 0.25) is 0 Å². The fraction of sp³-hybridized carbons (Fsp3) is 0.308. The summed E-state index contributed by atoms with van der Waals surface area (Å²) in [7, 11) is 0. The minimum atomic E-state index is -0.682. The van der Waals surface area contributed by atoms with Crippen LogP contribution in [0.4, 0.5) is 5.13 Å². The lowest BCUT2D eigenvalue weighted by Gasteiger charge is -2.25. The molecule has 0 radical (unpaired) electrons. The Bertz CT molecular complexity index is 629. The zero-order chi connectivity index (χ0) is 13.9. The average Bonchev–Trinajstić information content (AvgIpc) is 2.94. The summed E-state index contributed by atoms with van der Waals surface area (Å²) in [6.07, 6.45) is 0.114. The standard InChI is InChI=1S/C13H13N3O3S/c1-2-11-15-16-13(20-11)14-12(17)10-7-18-8-5-3-4-6-9(8)19-10/h3-6,10H,2,7H2,1H3,(H,14,16,17)/t10-/m0/s1. The quantitative estimate of drug-likeness (QED) is 0.934. The Balaban J connectivity index is 1.67. The molecule has 1 amide bonds. The Labute approximate surface area is 119 Å². The largest absolute Gasteiger partial charge is 0.485 e. The molecule has 20 heavy (non-hydrogen) atoms. The molecule has 1 aliphatic rings. The highest BCUT2D eigenvalue weighted by Crippen LogP contribution is 2.31. The summed E-state index contributed by atoms with van der Waals surface area (Å²) in [4.78, 5) is 12.1. The molecule has 1 aromatic heterocycles. The van der Waals surface area contributed by atoms with E-state index in [1.54, 1.807) is 6.07 Å². The van der Waals surface area contributed by atoms with Crippen LogP contribution >= 0.6 is 11.3 Å². The maximum absolute atomic E-state index is 12.1. The first kappa shape index (κ1) is 12.9. The van der Waals surface area contributed by atoms with Gasteiger partial charge in [-0.3, -0.25) is 10.1 Å². The summed E-state index contributed by atoms with van der Waals surface area (Å²) < 4.78 is 11.1. The first-order chi connectivity index (χ1) is 9.76. The number of nitrogens with one attached hydrogen (secondary N) is 1. The van der Waals surface area contributed by atoms with Gasteiger partial charge in [0.1, 0.15) is 11.6 Å². The number of fused-ring (bicyclic) bond motifs is 1. The molecular weight excluding hydrogens is 278 g/mol. The third kappa shape index (κ3) is 2.57. The van der Waals surface area contributed by atoms with E-state index < -0.39 is 6.10 Å². The van der Waals surface area contributed by atoms with Crippen molar-refractivity contribution in [3.63, 3.8) is 0 Å². The van der Waals surface area contributed by atoms with E-state index in [4.69, 9.17) is 9.47 Å². The molecule has 0 spiro atoms. The number of rotatable bonds is 3. The van der Waals surface area contributed by atoms with Gasteiger partial charge < -0.3 is 9.47 Å². The van der Waals surface area contributed by atoms with Crippen molar-refractivity contribution in [2.45, 2.75) is 19.4 Å². The lowest BCUT2D eigenvalue weighted by Crippen LogP contribution is -2.40.